The van der Waals surface area contributed by atoms with Gasteiger partial charge in [0, 0.05) is 24.8 Å². The molecule has 0 bridgehead atoms. The summed E-state index contributed by atoms with van der Waals surface area (Å²) in [4.78, 5) is 39.3. The summed E-state index contributed by atoms with van der Waals surface area (Å²) in [5.41, 5.74) is 8.82. The standard InChI is InChI=1S/C35H30N2O6/c38-33(39)32-17-21(36-34(40)42-19-30-26-13-5-1-9-22(26)23-10-2-6-14-27(23)30)18-37(32)35(41)43-20-31-28-15-7-3-11-24(28)25-12-4-8-16-29(25)31/h1-16,21,30-32H,17-20H2,(H,36,40)(H,38,39)/t21-,32-/m1/s1. The van der Waals surface area contributed by atoms with Crippen LogP contribution in [0.5, 0.6) is 0 Å². The van der Waals surface area contributed by atoms with Crippen molar-refractivity contribution in [1.29, 1.82) is 0 Å². The van der Waals surface area contributed by atoms with E-state index < -0.39 is 30.2 Å². The zero-order valence-electron chi connectivity index (χ0n) is 23.3. The Hall–Kier alpha value is -5.11. The van der Waals surface area contributed by atoms with Crippen LogP contribution in [0.2, 0.25) is 0 Å². The number of carbonyl (C=O) groups excluding carboxylic acids is 2. The van der Waals surface area contributed by atoms with Crippen LogP contribution in [0, 0.1) is 0 Å². The number of hydrogen-bond acceptors (Lipinski definition) is 5. The van der Waals surface area contributed by atoms with Crippen LogP contribution >= 0.6 is 0 Å². The summed E-state index contributed by atoms with van der Waals surface area (Å²) < 4.78 is 11.4. The molecule has 2 amide bonds. The third kappa shape index (κ3) is 4.78. The van der Waals surface area contributed by atoms with Crippen LogP contribution in [-0.2, 0) is 14.3 Å². The van der Waals surface area contributed by atoms with Gasteiger partial charge in [-0.25, -0.2) is 14.4 Å². The molecule has 7 rings (SSSR count). The number of hydrogen-bond donors (Lipinski definition) is 2. The van der Waals surface area contributed by atoms with E-state index in [1.807, 2.05) is 72.8 Å². The molecular weight excluding hydrogens is 544 g/mol. The van der Waals surface area contributed by atoms with Crippen molar-refractivity contribution in [3.8, 4) is 22.3 Å². The predicted molar refractivity (Wildman–Crippen MR) is 160 cm³/mol. The number of rotatable bonds is 6. The highest BCUT2D eigenvalue weighted by Gasteiger charge is 2.42. The minimum atomic E-state index is -1.15. The van der Waals surface area contributed by atoms with Gasteiger partial charge in [0.1, 0.15) is 19.3 Å². The molecule has 2 aliphatic carbocycles. The highest BCUT2D eigenvalue weighted by atomic mass is 16.6. The van der Waals surface area contributed by atoms with Crippen LogP contribution in [0.25, 0.3) is 22.3 Å². The maximum absolute atomic E-state index is 13.2. The van der Waals surface area contributed by atoms with E-state index in [1.165, 1.54) is 4.90 Å². The van der Waals surface area contributed by atoms with Crippen molar-refractivity contribution in [1.82, 2.24) is 10.2 Å². The van der Waals surface area contributed by atoms with Crippen LogP contribution in [-0.4, -0.2) is 60.0 Å². The van der Waals surface area contributed by atoms with Gasteiger partial charge in [-0.3, -0.25) is 4.90 Å². The van der Waals surface area contributed by atoms with Gasteiger partial charge >= 0.3 is 18.2 Å². The lowest BCUT2D eigenvalue weighted by molar-refractivity contribution is -0.141. The first kappa shape index (κ1) is 26.8. The van der Waals surface area contributed by atoms with E-state index in [0.717, 1.165) is 44.5 Å². The Bertz CT molecular complexity index is 1640. The zero-order chi connectivity index (χ0) is 29.5. The number of nitrogens with one attached hydrogen (secondary N) is 1. The van der Waals surface area contributed by atoms with E-state index in [2.05, 4.69) is 29.6 Å². The molecule has 1 heterocycles. The molecule has 1 fully saturated rings. The number of nitrogens with zero attached hydrogens (tertiary/aromatic N) is 1. The topological polar surface area (TPSA) is 105 Å². The highest BCUT2D eigenvalue weighted by Crippen LogP contribution is 2.45. The van der Waals surface area contributed by atoms with Crippen LogP contribution in [0.15, 0.2) is 97.1 Å². The number of aliphatic carboxylic acids is 1. The van der Waals surface area contributed by atoms with E-state index in [9.17, 15) is 19.5 Å². The van der Waals surface area contributed by atoms with Gasteiger partial charge < -0.3 is 19.9 Å². The van der Waals surface area contributed by atoms with Gasteiger partial charge in [0.2, 0.25) is 0 Å². The fraction of sp³-hybridized carbons (Fsp3) is 0.229. The molecule has 2 atom stereocenters. The number of benzene rings is 4. The molecular formula is C35H30N2O6. The number of likely N-dealkylation sites (tertiary alicyclic amines) is 1. The molecule has 0 saturated carbocycles. The molecule has 8 heteroatoms. The third-order valence-corrected chi connectivity index (χ3v) is 8.82. The highest BCUT2D eigenvalue weighted by molar-refractivity contribution is 5.82. The van der Waals surface area contributed by atoms with Gasteiger partial charge in [0.25, 0.3) is 0 Å². The average Bonchev–Trinajstić information content (AvgIpc) is 3.69. The van der Waals surface area contributed by atoms with E-state index in [4.69, 9.17) is 9.47 Å². The lowest BCUT2D eigenvalue weighted by atomic mass is 9.98. The van der Waals surface area contributed by atoms with Crippen molar-refractivity contribution in [3.05, 3.63) is 119 Å². The SMILES string of the molecule is O=C(N[C@@H]1C[C@H](C(=O)O)N(C(=O)OCC2c3ccccc3-c3ccccc32)C1)OCC1c2ccccc2-c2ccccc21. The number of carboxylic acids is 1. The number of ether oxygens (including phenoxy) is 2. The van der Waals surface area contributed by atoms with Crippen molar-refractivity contribution < 1.29 is 29.0 Å². The normalized spacial score (nSPS) is 18.4. The van der Waals surface area contributed by atoms with Gasteiger partial charge in [0.05, 0.1) is 6.04 Å². The first-order valence-electron chi connectivity index (χ1n) is 14.5. The predicted octanol–water partition coefficient (Wildman–Crippen LogP) is 6.00. The van der Waals surface area contributed by atoms with E-state index in [-0.39, 0.29) is 38.0 Å². The molecule has 0 radical (unpaired) electrons. The molecule has 2 N–H and O–H groups in total. The van der Waals surface area contributed by atoms with Gasteiger partial charge in [-0.15, -0.1) is 0 Å². The van der Waals surface area contributed by atoms with Crippen molar-refractivity contribution in [2.75, 3.05) is 19.8 Å². The molecule has 43 heavy (non-hydrogen) atoms. The Balaban J connectivity index is 0.985. The summed E-state index contributed by atoms with van der Waals surface area (Å²) in [6.07, 6.45) is -1.31. The van der Waals surface area contributed by atoms with Gasteiger partial charge in [-0.1, -0.05) is 97.1 Å². The molecule has 4 aromatic rings. The number of fused-ring (bicyclic) bond motifs is 6. The van der Waals surface area contributed by atoms with Crippen LogP contribution in [0.1, 0.15) is 40.5 Å². The average molecular weight is 575 g/mol. The van der Waals surface area contributed by atoms with Crippen molar-refractivity contribution in [2.45, 2.75) is 30.3 Å². The minimum Gasteiger partial charge on any atom is -0.480 e. The Morgan fingerprint density at radius 1 is 0.674 bits per heavy atom. The molecule has 3 aliphatic rings. The first-order chi connectivity index (χ1) is 21.0. The molecule has 4 aromatic carbocycles. The summed E-state index contributed by atoms with van der Waals surface area (Å²) in [5, 5.41) is 12.6. The lowest BCUT2D eigenvalue weighted by Crippen LogP contribution is -2.42. The summed E-state index contributed by atoms with van der Waals surface area (Å²) in [7, 11) is 0. The summed E-state index contributed by atoms with van der Waals surface area (Å²) >= 11 is 0. The Labute approximate surface area is 248 Å². The Kier molecular flexibility index (Phi) is 6.81. The molecule has 216 valence electrons. The van der Waals surface area contributed by atoms with Gasteiger partial charge in [-0.05, 0) is 44.5 Å². The third-order valence-electron chi connectivity index (χ3n) is 8.82. The number of carbonyl (C=O) groups is 3. The number of amides is 2. The summed E-state index contributed by atoms with van der Waals surface area (Å²) in [6, 6.07) is 30.5. The largest absolute Gasteiger partial charge is 0.480 e. The van der Waals surface area contributed by atoms with Crippen LogP contribution in [0.3, 0.4) is 0 Å². The minimum absolute atomic E-state index is 0.0117. The number of carboxylic acid groups (broad SMARTS) is 1. The zero-order valence-corrected chi connectivity index (χ0v) is 23.3. The van der Waals surface area contributed by atoms with Gasteiger partial charge in [0.15, 0.2) is 0 Å². The molecule has 8 nitrogen and oxygen atoms in total. The van der Waals surface area contributed by atoms with Crippen molar-refractivity contribution in [2.24, 2.45) is 0 Å². The fourth-order valence-corrected chi connectivity index (χ4v) is 6.86. The van der Waals surface area contributed by atoms with E-state index in [1.54, 1.807) is 0 Å². The molecule has 1 aliphatic heterocycles. The first-order valence-corrected chi connectivity index (χ1v) is 14.5. The quantitative estimate of drug-likeness (QED) is 0.293. The smallest absolute Gasteiger partial charge is 0.410 e. The second-order valence-corrected chi connectivity index (χ2v) is 11.2. The van der Waals surface area contributed by atoms with E-state index >= 15 is 0 Å². The number of alkyl carbamates (subject to hydrolysis) is 1. The molecule has 1 saturated heterocycles. The molecule has 0 aromatic heterocycles. The maximum atomic E-state index is 13.2. The second-order valence-electron chi connectivity index (χ2n) is 11.2. The summed E-state index contributed by atoms with van der Waals surface area (Å²) in [6.45, 7) is 0.239. The van der Waals surface area contributed by atoms with Crippen molar-refractivity contribution in [3.63, 3.8) is 0 Å². The monoisotopic (exact) mass is 574 g/mol. The Morgan fingerprint density at radius 3 is 1.53 bits per heavy atom. The van der Waals surface area contributed by atoms with Crippen LogP contribution in [0.4, 0.5) is 9.59 Å². The lowest BCUT2D eigenvalue weighted by Gasteiger charge is -2.22. The molecule has 0 spiro atoms. The molecule has 0 unspecified atom stereocenters. The van der Waals surface area contributed by atoms with E-state index in [0.29, 0.717) is 0 Å². The fourth-order valence-electron chi connectivity index (χ4n) is 6.86. The van der Waals surface area contributed by atoms with Crippen LogP contribution < -0.4 is 5.32 Å². The second kappa shape index (κ2) is 10.9. The van der Waals surface area contributed by atoms with Crippen molar-refractivity contribution >= 4 is 18.2 Å². The maximum Gasteiger partial charge on any atom is 0.410 e. The van der Waals surface area contributed by atoms with Gasteiger partial charge in [-0.2, -0.15) is 0 Å². The summed E-state index contributed by atoms with van der Waals surface area (Å²) in [5.74, 6) is -1.38. The Morgan fingerprint density at radius 2 is 1.09 bits per heavy atom.